The van der Waals surface area contributed by atoms with E-state index in [1.165, 1.54) is 21.5 Å². The Morgan fingerprint density at radius 1 is 0.769 bits per heavy atom. The Hall–Kier alpha value is 0.890. The number of benzene rings is 2. The highest BCUT2D eigenvalue weighted by molar-refractivity contribution is 14.1. The van der Waals surface area contributed by atoms with E-state index in [0.717, 1.165) is 0 Å². The molecule has 0 N–H and O–H groups in total. The number of rotatable bonds is 0. The molecule has 2 aromatic rings. The van der Waals surface area contributed by atoms with Crippen LogP contribution in [0, 0.1) is 10.7 Å². The molecule has 0 aliphatic carbocycles. The molecule has 0 radical (unpaired) electrons. The molecular formula is C10H5I3. The Labute approximate surface area is 118 Å². The Morgan fingerprint density at radius 2 is 1.38 bits per heavy atom. The fraction of sp³-hybridized carbons (Fsp3) is 0. The van der Waals surface area contributed by atoms with E-state index >= 15 is 0 Å². The largest absolute Gasteiger partial charge is 0.0616 e. The van der Waals surface area contributed by atoms with Crippen molar-refractivity contribution in [2.75, 3.05) is 0 Å². The van der Waals surface area contributed by atoms with Gasteiger partial charge in [-0.1, -0.05) is 24.3 Å². The van der Waals surface area contributed by atoms with Gasteiger partial charge in [-0.15, -0.1) is 0 Å². The molecule has 0 amide bonds. The molecule has 0 spiro atoms. The molecule has 0 fully saturated rings. The van der Waals surface area contributed by atoms with E-state index in [2.05, 4.69) is 98.1 Å². The molecule has 0 aliphatic rings. The third-order valence-corrected chi connectivity index (χ3v) is 5.82. The molecule has 2 rings (SSSR count). The maximum absolute atomic E-state index is 2.41. The number of hydrogen-bond acceptors (Lipinski definition) is 0. The molecule has 0 aliphatic heterocycles. The van der Waals surface area contributed by atoms with Gasteiger partial charge in [0, 0.05) is 10.7 Å². The quantitative estimate of drug-likeness (QED) is 0.361. The van der Waals surface area contributed by atoms with Crippen LogP contribution in [-0.4, -0.2) is 0 Å². The van der Waals surface area contributed by atoms with Gasteiger partial charge in [0.25, 0.3) is 0 Å². The van der Waals surface area contributed by atoms with E-state index in [1.54, 1.807) is 0 Å². The average molecular weight is 506 g/mol. The smallest absolute Gasteiger partial charge is 0.0343 e. The summed E-state index contributed by atoms with van der Waals surface area (Å²) in [4.78, 5) is 0. The molecule has 0 saturated carbocycles. The topological polar surface area (TPSA) is 0 Å². The Balaban J connectivity index is 2.97. The van der Waals surface area contributed by atoms with Crippen molar-refractivity contribution in [1.29, 1.82) is 0 Å². The Morgan fingerprint density at radius 3 is 2.08 bits per heavy atom. The van der Waals surface area contributed by atoms with Gasteiger partial charge in [0.2, 0.25) is 0 Å². The van der Waals surface area contributed by atoms with Crippen LogP contribution in [0.2, 0.25) is 0 Å². The van der Waals surface area contributed by atoms with Gasteiger partial charge >= 0.3 is 0 Å². The second-order valence-corrected chi connectivity index (χ2v) is 6.10. The van der Waals surface area contributed by atoms with Gasteiger partial charge in [-0.2, -0.15) is 0 Å². The normalized spacial score (nSPS) is 10.7. The van der Waals surface area contributed by atoms with Crippen LogP contribution >= 0.6 is 67.8 Å². The predicted octanol–water partition coefficient (Wildman–Crippen LogP) is 4.65. The van der Waals surface area contributed by atoms with Crippen LogP contribution in [0.1, 0.15) is 0 Å². The highest BCUT2D eigenvalue weighted by Crippen LogP contribution is 2.29. The van der Waals surface area contributed by atoms with Crippen LogP contribution < -0.4 is 0 Å². The van der Waals surface area contributed by atoms with Gasteiger partial charge < -0.3 is 0 Å². The highest BCUT2D eigenvalue weighted by Gasteiger charge is 2.05. The van der Waals surface area contributed by atoms with Crippen LogP contribution in [0.5, 0.6) is 0 Å². The van der Waals surface area contributed by atoms with E-state index in [1.807, 2.05) is 0 Å². The molecule has 66 valence electrons. The van der Waals surface area contributed by atoms with E-state index < -0.39 is 0 Å². The minimum Gasteiger partial charge on any atom is -0.0616 e. The summed E-state index contributed by atoms with van der Waals surface area (Å²) in [6.07, 6.45) is 0. The number of fused-ring (bicyclic) bond motifs is 1. The van der Waals surface area contributed by atoms with Crippen molar-refractivity contribution in [1.82, 2.24) is 0 Å². The lowest BCUT2D eigenvalue weighted by Gasteiger charge is -2.05. The summed E-state index contributed by atoms with van der Waals surface area (Å²) in [5.41, 5.74) is 0. The summed E-state index contributed by atoms with van der Waals surface area (Å²) >= 11 is 7.19. The molecule has 0 bridgehead atoms. The lowest BCUT2D eigenvalue weighted by atomic mass is 10.1. The van der Waals surface area contributed by atoms with Crippen molar-refractivity contribution in [3.8, 4) is 0 Å². The highest BCUT2D eigenvalue weighted by atomic mass is 127. The fourth-order valence-corrected chi connectivity index (χ4v) is 3.87. The van der Waals surface area contributed by atoms with Gasteiger partial charge in [0.05, 0.1) is 0 Å². The summed E-state index contributed by atoms with van der Waals surface area (Å²) in [6, 6.07) is 10.8. The predicted molar refractivity (Wildman–Crippen MR) is 82.1 cm³/mol. The fourth-order valence-electron chi connectivity index (χ4n) is 1.26. The van der Waals surface area contributed by atoms with E-state index in [-0.39, 0.29) is 0 Å². The maximum atomic E-state index is 2.41. The summed E-state index contributed by atoms with van der Waals surface area (Å²) in [5.74, 6) is 0. The van der Waals surface area contributed by atoms with Crippen LogP contribution in [0.3, 0.4) is 0 Å². The lowest BCUT2D eigenvalue weighted by Crippen LogP contribution is -1.86. The molecule has 13 heavy (non-hydrogen) atoms. The van der Waals surface area contributed by atoms with Gasteiger partial charge in [0.1, 0.15) is 0 Å². The lowest BCUT2D eigenvalue weighted by molar-refractivity contribution is 1.61. The molecule has 0 heterocycles. The number of hydrogen-bond donors (Lipinski definition) is 0. The van der Waals surface area contributed by atoms with Crippen molar-refractivity contribution in [3.63, 3.8) is 0 Å². The SMILES string of the molecule is Ic1cc(I)c2ccccc2c1I. The average Bonchev–Trinajstić information content (AvgIpc) is 2.15. The molecule has 0 nitrogen and oxygen atoms in total. The molecule has 2 aromatic carbocycles. The molecule has 0 saturated heterocycles. The zero-order chi connectivity index (χ0) is 9.42. The summed E-state index contributed by atoms with van der Waals surface area (Å²) in [7, 11) is 0. The van der Waals surface area contributed by atoms with Crippen LogP contribution in [0.4, 0.5) is 0 Å². The first kappa shape index (κ1) is 10.4. The molecule has 0 atom stereocenters. The molecule has 3 heteroatoms. The minimum atomic E-state index is 1.33. The van der Waals surface area contributed by atoms with E-state index in [0.29, 0.717) is 0 Å². The zero-order valence-electron chi connectivity index (χ0n) is 6.52. The Kier molecular flexibility index (Phi) is 3.34. The molecular weight excluding hydrogens is 501 g/mol. The van der Waals surface area contributed by atoms with Crippen LogP contribution in [-0.2, 0) is 0 Å². The van der Waals surface area contributed by atoms with Crippen LogP contribution in [0.25, 0.3) is 10.8 Å². The summed E-state index contributed by atoms with van der Waals surface area (Å²) in [6.45, 7) is 0. The first-order valence-electron chi connectivity index (χ1n) is 3.72. The second kappa shape index (κ2) is 4.18. The number of halogens is 3. The summed E-state index contributed by atoms with van der Waals surface area (Å²) < 4.78 is 4.02. The molecule has 0 unspecified atom stereocenters. The third kappa shape index (κ3) is 1.97. The summed E-state index contributed by atoms with van der Waals surface area (Å²) in [5, 5.41) is 2.72. The van der Waals surface area contributed by atoms with Gasteiger partial charge in [-0.3, -0.25) is 0 Å². The minimum absolute atomic E-state index is 1.33. The van der Waals surface area contributed by atoms with Crippen molar-refractivity contribution in [2.24, 2.45) is 0 Å². The first-order chi connectivity index (χ1) is 6.20. The zero-order valence-corrected chi connectivity index (χ0v) is 13.0. The Bertz CT molecular complexity index is 463. The van der Waals surface area contributed by atoms with Gasteiger partial charge in [-0.25, -0.2) is 0 Å². The maximum Gasteiger partial charge on any atom is 0.0343 e. The third-order valence-electron chi connectivity index (χ3n) is 1.88. The van der Waals surface area contributed by atoms with E-state index in [4.69, 9.17) is 0 Å². The standard InChI is InChI=1S/C10H5I3/c11-8-5-9(12)10(13)7-4-2-1-3-6(7)8/h1-5H. The van der Waals surface area contributed by atoms with Crippen molar-refractivity contribution >= 4 is 78.5 Å². The van der Waals surface area contributed by atoms with Gasteiger partial charge in [0.15, 0.2) is 0 Å². The van der Waals surface area contributed by atoms with Crippen molar-refractivity contribution in [2.45, 2.75) is 0 Å². The van der Waals surface area contributed by atoms with E-state index in [9.17, 15) is 0 Å². The van der Waals surface area contributed by atoms with Crippen molar-refractivity contribution in [3.05, 3.63) is 41.0 Å². The van der Waals surface area contributed by atoms with Gasteiger partial charge in [-0.05, 0) is 84.6 Å². The van der Waals surface area contributed by atoms with Crippen LogP contribution in [0.15, 0.2) is 30.3 Å². The second-order valence-electron chi connectivity index (χ2n) is 2.70. The monoisotopic (exact) mass is 506 g/mol. The molecule has 0 aromatic heterocycles. The first-order valence-corrected chi connectivity index (χ1v) is 6.96. The van der Waals surface area contributed by atoms with Crippen molar-refractivity contribution < 1.29 is 0 Å².